The first-order chi connectivity index (χ1) is 14.0. The van der Waals surface area contributed by atoms with E-state index in [4.69, 9.17) is 18.3 Å². The second-order valence-corrected chi connectivity index (χ2v) is 7.52. The number of carbonyl (C=O) groups excluding carboxylic acids is 1. The van der Waals surface area contributed by atoms with Crippen molar-refractivity contribution >= 4 is 16.9 Å². The highest BCUT2D eigenvalue weighted by Gasteiger charge is 2.27. The first kappa shape index (κ1) is 19.3. The van der Waals surface area contributed by atoms with Gasteiger partial charge >= 0.3 is 5.97 Å². The number of aryl methyl sites for hydroxylation is 1. The van der Waals surface area contributed by atoms with Crippen LogP contribution in [0.1, 0.15) is 44.6 Å². The van der Waals surface area contributed by atoms with Crippen molar-refractivity contribution in [3.8, 4) is 17.3 Å². The van der Waals surface area contributed by atoms with Gasteiger partial charge in [-0.05, 0) is 63.8 Å². The van der Waals surface area contributed by atoms with E-state index in [2.05, 4.69) is 0 Å². The Morgan fingerprint density at radius 2 is 1.97 bits per heavy atom. The number of fused-ring (bicyclic) bond motifs is 1. The van der Waals surface area contributed by atoms with Gasteiger partial charge in [0.2, 0.25) is 16.9 Å². The first-order valence-electron chi connectivity index (χ1n) is 10.0. The van der Waals surface area contributed by atoms with E-state index in [1.165, 1.54) is 12.7 Å². The van der Waals surface area contributed by atoms with Gasteiger partial charge in [0, 0.05) is 0 Å². The molecular weight excluding hydrogens is 372 g/mol. The van der Waals surface area contributed by atoms with Crippen LogP contribution in [-0.2, 0) is 9.53 Å². The van der Waals surface area contributed by atoms with E-state index >= 15 is 0 Å². The molecule has 2 heterocycles. The second kappa shape index (κ2) is 8.15. The largest absolute Gasteiger partial charge is 0.471 e. The van der Waals surface area contributed by atoms with Crippen LogP contribution in [0.4, 0.5) is 0 Å². The van der Waals surface area contributed by atoms with Crippen LogP contribution in [0.15, 0.2) is 50.2 Å². The number of carbonyl (C=O) groups is 1. The summed E-state index contributed by atoms with van der Waals surface area (Å²) in [6.45, 7) is 3.47. The maximum atomic E-state index is 13.2. The minimum Gasteiger partial charge on any atom is -0.471 e. The number of ether oxygens (including phenoxy) is 2. The Kier molecular flexibility index (Phi) is 5.43. The molecule has 2 aromatic heterocycles. The van der Waals surface area contributed by atoms with E-state index in [-0.39, 0.29) is 23.0 Å². The molecule has 0 aliphatic heterocycles. The topological polar surface area (TPSA) is 78.9 Å². The summed E-state index contributed by atoms with van der Waals surface area (Å²) >= 11 is 0. The maximum absolute atomic E-state index is 13.2. The van der Waals surface area contributed by atoms with Crippen LogP contribution in [0, 0.1) is 6.92 Å². The van der Waals surface area contributed by atoms with Crippen LogP contribution in [-0.4, -0.2) is 18.2 Å². The van der Waals surface area contributed by atoms with Crippen molar-refractivity contribution in [2.75, 3.05) is 0 Å². The molecule has 1 aromatic carbocycles. The molecule has 0 saturated heterocycles. The monoisotopic (exact) mass is 396 g/mol. The average Bonchev–Trinajstić information content (AvgIpc) is 3.25. The van der Waals surface area contributed by atoms with E-state index in [1.54, 1.807) is 31.2 Å². The zero-order chi connectivity index (χ0) is 20.4. The van der Waals surface area contributed by atoms with Crippen LogP contribution in [0.3, 0.4) is 0 Å². The van der Waals surface area contributed by atoms with Gasteiger partial charge in [-0.25, -0.2) is 4.79 Å². The summed E-state index contributed by atoms with van der Waals surface area (Å²) in [7, 11) is 0. The highest BCUT2D eigenvalue weighted by atomic mass is 16.6. The molecule has 6 heteroatoms. The summed E-state index contributed by atoms with van der Waals surface area (Å²) in [6.07, 6.45) is 5.48. The van der Waals surface area contributed by atoms with Crippen LogP contribution in [0.2, 0.25) is 0 Å². The van der Waals surface area contributed by atoms with Crippen molar-refractivity contribution in [2.45, 2.75) is 58.2 Å². The average molecular weight is 396 g/mol. The van der Waals surface area contributed by atoms with Gasteiger partial charge in [0.15, 0.2) is 11.9 Å². The molecule has 0 N–H and O–H groups in total. The second-order valence-electron chi connectivity index (χ2n) is 7.52. The number of benzene rings is 1. The van der Waals surface area contributed by atoms with Crippen LogP contribution in [0.25, 0.3) is 22.5 Å². The molecule has 0 bridgehead atoms. The fraction of sp³-hybridized carbons (Fsp3) is 0.391. The van der Waals surface area contributed by atoms with E-state index in [0.717, 1.165) is 31.2 Å². The first-order valence-corrected chi connectivity index (χ1v) is 10.0. The predicted molar refractivity (Wildman–Crippen MR) is 108 cm³/mol. The predicted octanol–water partition coefficient (Wildman–Crippen LogP) is 5.00. The minimum absolute atomic E-state index is 0.0499. The lowest BCUT2D eigenvalue weighted by molar-refractivity contribution is -0.158. The zero-order valence-electron chi connectivity index (χ0n) is 16.6. The molecule has 1 saturated carbocycles. The SMILES string of the molecule is Cc1ccc2oc(-c3ccco3)c(O[C@@H](C)C(=O)OC3CCCCC3)c(=O)c2c1. The third-order valence-corrected chi connectivity index (χ3v) is 5.21. The van der Waals surface area contributed by atoms with E-state index in [9.17, 15) is 9.59 Å². The number of hydrogen-bond donors (Lipinski definition) is 0. The maximum Gasteiger partial charge on any atom is 0.347 e. The van der Waals surface area contributed by atoms with E-state index in [1.807, 2.05) is 13.0 Å². The molecule has 0 radical (unpaired) electrons. The van der Waals surface area contributed by atoms with Gasteiger partial charge in [-0.3, -0.25) is 4.79 Å². The minimum atomic E-state index is -0.948. The summed E-state index contributed by atoms with van der Waals surface area (Å²) in [5.74, 6) is -0.0155. The molecule has 6 nitrogen and oxygen atoms in total. The van der Waals surface area contributed by atoms with Crippen molar-refractivity contribution < 1.29 is 23.1 Å². The molecule has 1 aliphatic carbocycles. The Hall–Kier alpha value is -3.02. The van der Waals surface area contributed by atoms with Crippen molar-refractivity contribution in [1.29, 1.82) is 0 Å². The summed E-state index contributed by atoms with van der Waals surface area (Å²) < 4.78 is 22.7. The Balaban J connectivity index is 1.67. The highest BCUT2D eigenvalue weighted by Crippen LogP contribution is 2.32. The van der Waals surface area contributed by atoms with Crippen molar-refractivity contribution in [1.82, 2.24) is 0 Å². The highest BCUT2D eigenvalue weighted by molar-refractivity contribution is 5.82. The van der Waals surface area contributed by atoms with Gasteiger partial charge < -0.3 is 18.3 Å². The molecule has 0 spiro atoms. The Morgan fingerprint density at radius 1 is 1.17 bits per heavy atom. The van der Waals surface area contributed by atoms with Gasteiger partial charge in [-0.15, -0.1) is 0 Å². The van der Waals surface area contributed by atoms with Crippen LogP contribution < -0.4 is 10.2 Å². The number of rotatable bonds is 5. The van der Waals surface area contributed by atoms with Crippen LogP contribution >= 0.6 is 0 Å². The van der Waals surface area contributed by atoms with Crippen molar-refractivity contribution in [3.05, 3.63) is 52.4 Å². The summed E-state index contributed by atoms with van der Waals surface area (Å²) in [5.41, 5.74) is 1.00. The number of furan rings is 1. The molecule has 1 fully saturated rings. The standard InChI is InChI=1S/C23H24O6/c1-14-10-11-18-17(13-14)20(24)22(21(29-18)19-9-6-12-26-19)27-15(2)23(25)28-16-7-4-3-5-8-16/h6,9-13,15-16H,3-5,7-8H2,1-2H3/t15-/m0/s1. The lowest BCUT2D eigenvalue weighted by Crippen LogP contribution is -2.32. The summed E-state index contributed by atoms with van der Waals surface area (Å²) in [4.78, 5) is 25.7. The third kappa shape index (κ3) is 4.06. The normalized spacial score (nSPS) is 15.9. The van der Waals surface area contributed by atoms with E-state index in [0.29, 0.717) is 16.7 Å². The number of esters is 1. The summed E-state index contributed by atoms with van der Waals surface area (Å²) in [6, 6.07) is 8.71. The Morgan fingerprint density at radius 3 is 2.69 bits per heavy atom. The molecule has 1 atom stereocenters. The van der Waals surface area contributed by atoms with Gasteiger partial charge in [0.25, 0.3) is 0 Å². The zero-order valence-corrected chi connectivity index (χ0v) is 16.6. The van der Waals surface area contributed by atoms with E-state index < -0.39 is 12.1 Å². The molecule has 3 aromatic rings. The van der Waals surface area contributed by atoms with Gasteiger partial charge in [-0.2, -0.15) is 0 Å². The molecule has 152 valence electrons. The molecule has 1 aliphatic rings. The molecule has 0 amide bonds. The Bertz CT molecular complexity index is 1060. The van der Waals surface area contributed by atoms with Crippen LogP contribution in [0.5, 0.6) is 5.75 Å². The third-order valence-electron chi connectivity index (χ3n) is 5.21. The fourth-order valence-corrected chi connectivity index (χ4v) is 3.64. The van der Waals surface area contributed by atoms with Gasteiger partial charge in [-0.1, -0.05) is 18.1 Å². The quantitative estimate of drug-likeness (QED) is 0.565. The molecule has 0 unspecified atom stereocenters. The van der Waals surface area contributed by atoms with Gasteiger partial charge in [0.05, 0.1) is 11.6 Å². The smallest absolute Gasteiger partial charge is 0.347 e. The van der Waals surface area contributed by atoms with Gasteiger partial charge in [0.1, 0.15) is 11.7 Å². The lowest BCUT2D eigenvalue weighted by atomic mass is 9.98. The molecule has 4 rings (SSSR count). The number of hydrogen-bond acceptors (Lipinski definition) is 6. The fourth-order valence-electron chi connectivity index (χ4n) is 3.64. The molecule has 29 heavy (non-hydrogen) atoms. The van der Waals surface area contributed by atoms with Crippen molar-refractivity contribution in [3.63, 3.8) is 0 Å². The lowest BCUT2D eigenvalue weighted by Gasteiger charge is -2.23. The molecular formula is C23H24O6. The Labute approximate surface area is 168 Å². The van der Waals surface area contributed by atoms with Crippen molar-refractivity contribution in [2.24, 2.45) is 0 Å². The summed E-state index contributed by atoms with van der Waals surface area (Å²) in [5, 5.41) is 0.392.